The van der Waals surface area contributed by atoms with Crippen molar-refractivity contribution in [2.24, 2.45) is 5.92 Å². The largest absolute Gasteiger partial charge is 0.447 e. The van der Waals surface area contributed by atoms with Crippen molar-refractivity contribution < 1.29 is 14.5 Å². The fraction of sp³-hybridized carbons (Fsp3) is 0.269. The number of hydrogen-bond acceptors (Lipinski definition) is 9. The first kappa shape index (κ1) is 24.4. The minimum atomic E-state index is -0.421. The number of ether oxygens (including phenoxy) is 1. The fourth-order valence-electron chi connectivity index (χ4n) is 4.21. The Kier molecular flexibility index (Phi) is 6.62. The van der Waals surface area contributed by atoms with Gasteiger partial charge in [0.25, 0.3) is 5.69 Å². The van der Waals surface area contributed by atoms with Crippen molar-refractivity contribution in [3.8, 4) is 0 Å². The molecule has 0 bridgehead atoms. The van der Waals surface area contributed by atoms with E-state index in [1.54, 1.807) is 17.0 Å². The number of fused-ring (bicyclic) bond motifs is 1. The first-order chi connectivity index (χ1) is 17.8. The second-order valence-corrected chi connectivity index (χ2v) is 10.1. The van der Waals surface area contributed by atoms with E-state index in [9.17, 15) is 14.9 Å². The van der Waals surface area contributed by atoms with Crippen LogP contribution in [0.4, 0.5) is 33.6 Å². The maximum atomic E-state index is 12.6. The van der Waals surface area contributed by atoms with Crippen molar-refractivity contribution in [3.05, 3.63) is 75.7 Å². The van der Waals surface area contributed by atoms with Crippen molar-refractivity contribution in [2.75, 3.05) is 22.1 Å². The summed E-state index contributed by atoms with van der Waals surface area (Å²) < 4.78 is 6.21. The molecule has 0 spiro atoms. The van der Waals surface area contributed by atoms with Crippen LogP contribution in [0.1, 0.15) is 32.4 Å². The highest BCUT2D eigenvalue weighted by Gasteiger charge is 2.38. The van der Waals surface area contributed by atoms with Gasteiger partial charge in [-0.05, 0) is 54.1 Å². The molecule has 0 radical (unpaired) electrons. The van der Waals surface area contributed by atoms with Crippen LogP contribution in [0.15, 0.2) is 60.0 Å². The van der Waals surface area contributed by atoms with Gasteiger partial charge in [0.2, 0.25) is 5.95 Å². The van der Waals surface area contributed by atoms with Crippen molar-refractivity contribution in [2.45, 2.75) is 32.9 Å². The number of hydrogen-bond donors (Lipinski definition) is 2. The Morgan fingerprint density at radius 3 is 2.38 bits per heavy atom. The van der Waals surface area contributed by atoms with E-state index in [4.69, 9.17) is 9.72 Å². The molecule has 0 saturated carbocycles. The standard InChI is InChI=1S/C26H26N6O4S/c1-15(2)22-14-36-26(33)31(22)24-23-21(12-13-37-23)29-25(30-24)27-16(3)17-4-6-18(7-5-17)28-19-8-10-20(11-9-19)32(34)35/h4-13,15-16,22,28H,14H2,1-3H3,(H,27,29,30)/t16-,22+/m0/s1. The van der Waals surface area contributed by atoms with Crippen molar-refractivity contribution in [1.82, 2.24) is 9.97 Å². The summed E-state index contributed by atoms with van der Waals surface area (Å²) in [6.07, 6.45) is -0.387. The number of benzene rings is 2. The summed E-state index contributed by atoms with van der Waals surface area (Å²) in [6, 6.07) is 15.9. The lowest BCUT2D eigenvalue weighted by molar-refractivity contribution is -0.384. The number of nitro groups is 1. The first-order valence-electron chi connectivity index (χ1n) is 11.9. The third-order valence-electron chi connectivity index (χ3n) is 6.31. The van der Waals surface area contributed by atoms with E-state index < -0.39 is 4.92 Å². The van der Waals surface area contributed by atoms with Gasteiger partial charge in [-0.3, -0.25) is 15.0 Å². The zero-order valence-electron chi connectivity index (χ0n) is 20.5. The monoisotopic (exact) mass is 518 g/mol. The molecule has 2 aromatic carbocycles. The molecule has 1 aliphatic heterocycles. The number of nitrogens with zero attached hydrogens (tertiary/aromatic N) is 4. The van der Waals surface area contributed by atoms with Crippen LogP contribution in [0.3, 0.4) is 0 Å². The van der Waals surface area contributed by atoms with Crippen LogP contribution in [0.25, 0.3) is 10.2 Å². The molecule has 11 heteroatoms. The summed E-state index contributed by atoms with van der Waals surface area (Å²) in [5.41, 5.74) is 3.46. The number of amides is 1. The highest BCUT2D eigenvalue weighted by Crippen LogP contribution is 2.35. The Balaban J connectivity index is 1.34. The first-order valence-corrected chi connectivity index (χ1v) is 12.8. The lowest BCUT2D eigenvalue weighted by atomic mass is 10.0. The van der Waals surface area contributed by atoms with Gasteiger partial charge in [0.05, 0.1) is 27.2 Å². The van der Waals surface area contributed by atoms with E-state index in [2.05, 4.69) is 29.5 Å². The maximum Gasteiger partial charge on any atom is 0.415 e. The SMILES string of the molecule is CC(C)[C@H]1COC(=O)N1c1nc(N[C@@H](C)c2ccc(Nc3ccc([N+](=O)[O-])cc3)cc2)nc2ccsc12. The summed E-state index contributed by atoms with van der Waals surface area (Å²) in [4.78, 5) is 34.1. The van der Waals surface area contributed by atoms with E-state index in [-0.39, 0.29) is 29.8 Å². The fourth-order valence-corrected chi connectivity index (χ4v) is 5.03. The molecule has 1 aliphatic rings. The number of thiophene rings is 1. The van der Waals surface area contributed by atoms with E-state index in [1.165, 1.54) is 23.5 Å². The molecule has 10 nitrogen and oxygen atoms in total. The van der Waals surface area contributed by atoms with Crippen LogP contribution >= 0.6 is 11.3 Å². The maximum absolute atomic E-state index is 12.6. The van der Waals surface area contributed by atoms with Crippen LogP contribution in [-0.2, 0) is 4.74 Å². The van der Waals surface area contributed by atoms with Crippen LogP contribution < -0.4 is 15.5 Å². The van der Waals surface area contributed by atoms with Gasteiger partial charge in [0, 0.05) is 23.5 Å². The lowest BCUT2D eigenvalue weighted by Crippen LogP contribution is -2.38. The Hall–Kier alpha value is -4.25. The van der Waals surface area contributed by atoms with Crippen LogP contribution in [0, 0.1) is 16.0 Å². The van der Waals surface area contributed by atoms with Crippen LogP contribution in [0.2, 0.25) is 0 Å². The van der Waals surface area contributed by atoms with Gasteiger partial charge in [-0.1, -0.05) is 26.0 Å². The summed E-state index contributed by atoms with van der Waals surface area (Å²) in [5, 5.41) is 19.4. The van der Waals surface area contributed by atoms with Gasteiger partial charge in [-0.2, -0.15) is 4.98 Å². The molecule has 1 saturated heterocycles. The molecule has 0 aliphatic carbocycles. The molecule has 1 fully saturated rings. The number of nitrogens with one attached hydrogen (secondary N) is 2. The minimum absolute atomic E-state index is 0.0492. The van der Waals surface area contributed by atoms with Gasteiger partial charge in [-0.15, -0.1) is 11.3 Å². The highest BCUT2D eigenvalue weighted by molar-refractivity contribution is 7.17. The van der Waals surface area contributed by atoms with Gasteiger partial charge >= 0.3 is 6.09 Å². The minimum Gasteiger partial charge on any atom is -0.447 e. The van der Waals surface area contributed by atoms with Crippen LogP contribution in [0.5, 0.6) is 0 Å². The average molecular weight is 519 g/mol. The molecule has 2 aromatic heterocycles. The van der Waals surface area contributed by atoms with Gasteiger partial charge < -0.3 is 15.4 Å². The summed E-state index contributed by atoms with van der Waals surface area (Å²) >= 11 is 1.50. The van der Waals surface area contributed by atoms with E-state index in [0.717, 1.165) is 27.2 Å². The molecular formula is C26H26N6O4S. The van der Waals surface area contributed by atoms with E-state index >= 15 is 0 Å². The number of anilines is 4. The quantitative estimate of drug-likeness (QED) is 0.200. The molecule has 3 heterocycles. The third-order valence-corrected chi connectivity index (χ3v) is 7.21. The number of carbonyl (C=O) groups excluding carboxylic acids is 1. The molecule has 1 amide bonds. The number of nitro benzene ring substituents is 1. The Labute approximate surface area is 217 Å². The normalized spacial score (nSPS) is 16.2. The number of non-ortho nitro benzene ring substituents is 1. The Morgan fingerprint density at radius 1 is 1.05 bits per heavy atom. The van der Waals surface area contributed by atoms with Gasteiger partial charge in [0.1, 0.15) is 6.61 Å². The molecule has 5 rings (SSSR count). The summed E-state index contributed by atoms with van der Waals surface area (Å²) in [5.74, 6) is 1.21. The second kappa shape index (κ2) is 10.0. The van der Waals surface area contributed by atoms with E-state index in [0.29, 0.717) is 18.4 Å². The van der Waals surface area contributed by atoms with Gasteiger partial charge in [0.15, 0.2) is 5.82 Å². The topological polar surface area (TPSA) is 123 Å². The zero-order valence-corrected chi connectivity index (χ0v) is 21.4. The number of rotatable bonds is 8. The predicted octanol–water partition coefficient (Wildman–Crippen LogP) is 6.50. The predicted molar refractivity (Wildman–Crippen MR) is 145 cm³/mol. The molecule has 2 N–H and O–H groups in total. The van der Waals surface area contributed by atoms with Crippen molar-refractivity contribution >= 4 is 56.5 Å². The van der Waals surface area contributed by atoms with Crippen molar-refractivity contribution in [1.29, 1.82) is 0 Å². The lowest BCUT2D eigenvalue weighted by Gasteiger charge is -2.24. The third kappa shape index (κ3) is 5.03. The Morgan fingerprint density at radius 2 is 1.73 bits per heavy atom. The highest BCUT2D eigenvalue weighted by atomic mass is 32.1. The second-order valence-electron chi connectivity index (χ2n) is 9.18. The molecule has 2 atom stereocenters. The Bertz CT molecular complexity index is 1440. The molecule has 37 heavy (non-hydrogen) atoms. The zero-order chi connectivity index (χ0) is 26.1. The number of aromatic nitrogens is 2. The number of cyclic esters (lactones) is 1. The molecular weight excluding hydrogens is 492 g/mol. The van der Waals surface area contributed by atoms with Gasteiger partial charge in [-0.25, -0.2) is 9.78 Å². The van der Waals surface area contributed by atoms with Crippen LogP contribution in [-0.4, -0.2) is 33.6 Å². The summed E-state index contributed by atoms with van der Waals surface area (Å²) in [7, 11) is 0. The van der Waals surface area contributed by atoms with E-state index in [1.807, 2.05) is 42.6 Å². The molecule has 4 aromatic rings. The van der Waals surface area contributed by atoms with Crippen molar-refractivity contribution in [3.63, 3.8) is 0 Å². The average Bonchev–Trinajstić information content (AvgIpc) is 3.51. The number of carbonyl (C=O) groups is 1. The molecule has 0 unspecified atom stereocenters. The smallest absolute Gasteiger partial charge is 0.415 e. The summed E-state index contributed by atoms with van der Waals surface area (Å²) in [6.45, 7) is 6.48. The molecule has 190 valence electrons.